The van der Waals surface area contributed by atoms with Gasteiger partial charge in [0.25, 0.3) is 0 Å². The van der Waals surface area contributed by atoms with Crippen LogP contribution in [0.15, 0.2) is 18.2 Å². The number of alkyl halides is 3. The second-order valence-corrected chi connectivity index (χ2v) is 6.07. The molecule has 2 aromatic rings. The van der Waals surface area contributed by atoms with Gasteiger partial charge in [-0.3, -0.25) is 0 Å². The molecule has 3 rings (SSSR count). The Morgan fingerprint density at radius 1 is 1.29 bits per heavy atom. The van der Waals surface area contributed by atoms with Crippen LogP contribution in [0.3, 0.4) is 0 Å². The van der Waals surface area contributed by atoms with Crippen LogP contribution >= 0.6 is 11.6 Å². The summed E-state index contributed by atoms with van der Waals surface area (Å²) in [7, 11) is -0.666. The summed E-state index contributed by atoms with van der Waals surface area (Å²) in [5.41, 5.74) is -0.395. The zero-order chi connectivity index (χ0) is 15.4. The Labute approximate surface area is 124 Å². The minimum Gasteiger partial charge on any atom is -0.404 e. The van der Waals surface area contributed by atoms with Gasteiger partial charge in [-0.05, 0) is 31.4 Å². The highest BCUT2D eigenvalue weighted by atomic mass is 35.5. The fourth-order valence-corrected chi connectivity index (χ4v) is 2.55. The fourth-order valence-electron chi connectivity index (χ4n) is 2.29. The molecule has 0 amide bonds. The summed E-state index contributed by atoms with van der Waals surface area (Å²) in [4.78, 5) is 2.32. The Hall–Kier alpha value is -1.18. The molecule has 0 spiro atoms. The molecule has 0 saturated carbocycles. The largest absolute Gasteiger partial charge is 0.495 e. The number of rotatable bonds is 1. The van der Waals surface area contributed by atoms with E-state index in [-0.39, 0.29) is 0 Å². The summed E-state index contributed by atoms with van der Waals surface area (Å²) in [6.45, 7) is 4.14. The van der Waals surface area contributed by atoms with E-state index < -0.39 is 24.6 Å². The van der Waals surface area contributed by atoms with Crippen LogP contribution in [0.4, 0.5) is 13.2 Å². The van der Waals surface area contributed by atoms with Crippen LogP contribution in [-0.2, 0) is 15.5 Å². The molecule has 1 fully saturated rings. The van der Waals surface area contributed by atoms with E-state index in [2.05, 4.69) is 4.98 Å². The number of hydrogen-bond donors (Lipinski definition) is 1. The van der Waals surface area contributed by atoms with Gasteiger partial charge in [0, 0.05) is 16.0 Å². The maximum absolute atomic E-state index is 12.7. The lowest BCUT2D eigenvalue weighted by atomic mass is 9.78. The summed E-state index contributed by atoms with van der Waals surface area (Å²) < 4.78 is 49.4. The highest BCUT2D eigenvalue weighted by molar-refractivity contribution is 6.65. The van der Waals surface area contributed by atoms with E-state index in [9.17, 15) is 13.2 Å². The first-order valence-electron chi connectivity index (χ1n) is 6.34. The van der Waals surface area contributed by atoms with E-state index in [1.54, 1.807) is 6.07 Å². The van der Waals surface area contributed by atoms with Crippen LogP contribution in [0, 0.1) is 0 Å². The first kappa shape index (κ1) is 14.7. The molecule has 0 aliphatic carbocycles. The predicted molar refractivity (Wildman–Crippen MR) is 74.8 cm³/mol. The number of halogens is 4. The monoisotopic (exact) mass is 317 g/mol. The molecule has 1 aromatic carbocycles. The lowest BCUT2D eigenvalue weighted by Crippen LogP contribution is -2.35. The van der Waals surface area contributed by atoms with Crippen LogP contribution < -0.4 is 5.46 Å². The molecule has 8 heteroatoms. The molecular formula is C13H12BClF3NO2. The number of H-pyrrole nitrogens is 1. The summed E-state index contributed by atoms with van der Waals surface area (Å²) >= 11 is 6.14. The molecular weight excluding hydrogens is 305 g/mol. The Morgan fingerprint density at radius 2 is 2.00 bits per heavy atom. The molecule has 1 aliphatic heterocycles. The van der Waals surface area contributed by atoms with Crippen molar-refractivity contribution in [1.29, 1.82) is 0 Å². The molecule has 1 saturated heterocycles. The van der Waals surface area contributed by atoms with Gasteiger partial charge in [-0.15, -0.1) is 0 Å². The van der Waals surface area contributed by atoms with E-state index in [1.807, 2.05) is 13.8 Å². The third kappa shape index (κ3) is 2.77. The lowest BCUT2D eigenvalue weighted by molar-refractivity contribution is -0.140. The second-order valence-electron chi connectivity index (χ2n) is 5.66. The molecule has 1 aromatic heterocycles. The minimum absolute atomic E-state index is 0.306. The van der Waals surface area contributed by atoms with Gasteiger partial charge in [-0.25, -0.2) is 0 Å². The van der Waals surface area contributed by atoms with Gasteiger partial charge < -0.3 is 14.3 Å². The minimum atomic E-state index is -4.42. The van der Waals surface area contributed by atoms with Crippen molar-refractivity contribution < 1.29 is 22.5 Å². The number of hydrogen-bond acceptors (Lipinski definition) is 2. The Balaban J connectivity index is 2.03. The molecule has 3 nitrogen and oxygen atoms in total. The zero-order valence-electron chi connectivity index (χ0n) is 11.3. The van der Waals surface area contributed by atoms with Gasteiger partial charge in [-0.2, -0.15) is 13.2 Å². The Bertz CT molecular complexity index is 699. The third-order valence-corrected chi connectivity index (χ3v) is 3.63. The van der Waals surface area contributed by atoms with Crippen molar-refractivity contribution in [1.82, 2.24) is 4.98 Å². The molecule has 2 heterocycles. The molecule has 1 aliphatic rings. The third-order valence-electron chi connectivity index (χ3n) is 3.31. The van der Waals surface area contributed by atoms with Crippen LogP contribution in [-0.4, -0.2) is 24.3 Å². The van der Waals surface area contributed by atoms with Gasteiger partial charge in [0.05, 0.1) is 12.2 Å². The second kappa shape index (κ2) is 4.66. The molecule has 0 atom stereocenters. The average Bonchev–Trinajstić information content (AvgIpc) is 2.90. The van der Waals surface area contributed by atoms with Crippen molar-refractivity contribution in [2.75, 3.05) is 6.61 Å². The summed E-state index contributed by atoms with van der Waals surface area (Å²) in [5, 5.41) is 0.722. The van der Waals surface area contributed by atoms with Gasteiger partial charge in [0.1, 0.15) is 5.69 Å². The number of aromatic nitrogens is 1. The molecule has 0 bridgehead atoms. The molecule has 21 heavy (non-hydrogen) atoms. The first-order chi connectivity index (χ1) is 9.66. The highest BCUT2D eigenvalue weighted by Crippen LogP contribution is 2.32. The highest BCUT2D eigenvalue weighted by Gasteiger charge is 2.40. The molecule has 1 N–H and O–H groups in total. The molecule has 0 radical (unpaired) electrons. The van der Waals surface area contributed by atoms with E-state index in [4.69, 9.17) is 20.9 Å². The summed E-state index contributed by atoms with van der Waals surface area (Å²) in [6, 6.07) is 4.07. The average molecular weight is 318 g/mol. The normalized spacial score (nSPS) is 18.7. The maximum Gasteiger partial charge on any atom is 0.495 e. The van der Waals surface area contributed by atoms with E-state index >= 15 is 0 Å². The van der Waals surface area contributed by atoms with Crippen molar-refractivity contribution >= 4 is 35.1 Å². The van der Waals surface area contributed by atoms with Crippen LogP contribution in [0.5, 0.6) is 0 Å². The fraction of sp³-hybridized carbons (Fsp3) is 0.385. The lowest BCUT2D eigenvalue weighted by Gasteiger charge is -2.15. The van der Waals surface area contributed by atoms with E-state index in [0.717, 1.165) is 6.07 Å². The van der Waals surface area contributed by atoms with Gasteiger partial charge in [0.15, 0.2) is 0 Å². The van der Waals surface area contributed by atoms with E-state index in [0.29, 0.717) is 28.0 Å². The number of nitrogens with one attached hydrogen (secondary N) is 1. The molecule has 112 valence electrons. The van der Waals surface area contributed by atoms with E-state index in [1.165, 1.54) is 6.07 Å². The SMILES string of the molecule is CC1(C)COB(c2cc3cc(C(F)(F)F)[nH]c3cc2Cl)O1. The number of fused-ring (bicyclic) bond motifs is 1. The smallest absolute Gasteiger partial charge is 0.404 e. The molecule has 0 unspecified atom stereocenters. The van der Waals surface area contributed by atoms with Crippen molar-refractivity contribution in [3.05, 3.63) is 28.9 Å². The standard InChI is InChI=1S/C13H12BClF3NO2/c1-12(2)6-20-14(21-12)8-3-7-4-11(13(16,17)18)19-10(7)5-9(8)15/h3-5,19H,6H2,1-2H3. The zero-order valence-corrected chi connectivity index (χ0v) is 12.1. The van der Waals surface area contributed by atoms with Crippen LogP contribution in [0.1, 0.15) is 19.5 Å². The van der Waals surface area contributed by atoms with Crippen LogP contribution in [0.2, 0.25) is 5.02 Å². The van der Waals surface area contributed by atoms with Crippen molar-refractivity contribution in [2.45, 2.75) is 25.6 Å². The maximum atomic E-state index is 12.7. The topological polar surface area (TPSA) is 34.2 Å². The quantitative estimate of drug-likeness (QED) is 0.818. The number of aromatic amines is 1. The number of benzene rings is 1. The van der Waals surface area contributed by atoms with Crippen LogP contribution in [0.25, 0.3) is 10.9 Å². The first-order valence-corrected chi connectivity index (χ1v) is 6.72. The van der Waals surface area contributed by atoms with Gasteiger partial charge in [0.2, 0.25) is 0 Å². The van der Waals surface area contributed by atoms with Gasteiger partial charge >= 0.3 is 13.3 Å². The van der Waals surface area contributed by atoms with Crippen molar-refractivity contribution in [3.63, 3.8) is 0 Å². The Kier molecular flexibility index (Phi) is 3.27. The Morgan fingerprint density at radius 3 is 2.57 bits per heavy atom. The van der Waals surface area contributed by atoms with Gasteiger partial charge in [-0.1, -0.05) is 17.7 Å². The predicted octanol–water partition coefficient (Wildman–Crippen LogP) is 3.36. The van der Waals surface area contributed by atoms with Crippen molar-refractivity contribution in [2.24, 2.45) is 0 Å². The summed E-state index contributed by atoms with van der Waals surface area (Å²) in [5.74, 6) is 0. The van der Waals surface area contributed by atoms with Crippen molar-refractivity contribution in [3.8, 4) is 0 Å². The summed E-state index contributed by atoms with van der Waals surface area (Å²) in [6.07, 6.45) is -4.42.